The number of morpholine rings is 1. The molecule has 8 heteroatoms. The smallest absolute Gasteiger partial charge is 0.274 e. The van der Waals surface area contributed by atoms with E-state index in [0.717, 1.165) is 38.4 Å². The second kappa shape index (κ2) is 11.4. The summed E-state index contributed by atoms with van der Waals surface area (Å²) in [6.45, 7) is 7.03. The first kappa shape index (κ1) is 21.9. The van der Waals surface area contributed by atoms with Crippen molar-refractivity contribution in [1.29, 1.82) is 0 Å². The summed E-state index contributed by atoms with van der Waals surface area (Å²) in [5, 5.41) is 3.01. The Labute approximate surface area is 177 Å². The molecule has 1 aliphatic heterocycles. The number of ether oxygens (including phenoxy) is 1. The summed E-state index contributed by atoms with van der Waals surface area (Å²) >= 11 is 0. The summed E-state index contributed by atoms with van der Waals surface area (Å²) in [4.78, 5) is 36.7. The van der Waals surface area contributed by atoms with Crippen LogP contribution in [0.15, 0.2) is 48.9 Å². The van der Waals surface area contributed by atoms with Crippen LogP contribution in [0.1, 0.15) is 35.4 Å². The van der Waals surface area contributed by atoms with E-state index in [-0.39, 0.29) is 24.3 Å². The molecule has 0 spiro atoms. The molecule has 8 nitrogen and oxygen atoms in total. The minimum absolute atomic E-state index is 0.0815. The van der Waals surface area contributed by atoms with Crippen LogP contribution in [0.5, 0.6) is 0 Å². The van der Waals surface area contributed by atoms with E-state index in [1.807, 2.05) is 37.3 Å². The number of quaternary nitrogens is 1. The Morgan fingerprint density at radius 1 is 1.17 bits per heavy atom. The van der Waals surface area contributed by atoms with E-state index in [1.165, 1.54) is 23.5 Å². The monoisotopic (exact) mass is 412 g/mol. The van der Waals surface area contributed by atoms with Gasteiger partial charge in [-0.15, -0.1) is 0 Å². The van der Waals surface area contributed by atoms with Gasteiger partial charge in [0.2, 0.25) is 5.91 Å². The molecule has 0 unspecified atom stereocenters. The second-order valence-electron chi connectivity index (χ2n) is 7.45. The van der Waals surface area contributed by atoms with Crippen LogP contribution in [0.3, 0.4) is 0 Å². The molecule has 2 amide bonds. The van der Waals surface area contributed by atoms with Crippen LogP contribution < -0.4 is 10.2 Å². The normalized spacial score (nSPS) is 15.4. The van der Waals surface area contributed by atoms with E-state index < -0.39 is 0 Å². The lowest BCUT2D eigenvalue weighted by atomic mass is 10.1. The van der Waals surface area contributed by atoms with E-state index in [0.29, 0.717) is 18.8 Å². The largest absolute Gasteiger partial charge is 0.370 e. The Hall–Kier alpha value is -2.84. The lowest BCUT2D eigenvalue weighted by molar-refractivity contribution is -0.907. The molecular formula is C22H30N5O3+. The topological polar surface area (TPSA) is 88.9 Å². The van der Waals surface area contributed by atoms with Gasteiger partial charge < -0.3 is 19.9 Å². The minimum Gasteiger partial charge on any atom is -0.370 e. The molecular weight excluding hydrogens is 382 g/mol. The highest BCUT2D eigenvalue weighted by molar-refractivity contribution is 5.92. The SMILES string of the molecule is C[C@@H](NC(=O)CCN(CC[NH+]1CCOCC1)C(=O)c1cnccn1)c1ccccc1. The molecule has 1 aromatic carbocycles. The molecule has 2 heterocycles. The third-order valence-electron chi connectivity index (χ3n) is 5.29. The predicted molar refractivity (Wildman–Crippen MR) is 112 cm³/mol. The number of hydrogen-bond acceptors (Lipinski definition) is 5. The Balaban J connectivity index is 1.56. The zero-order valence-electron chi connectivity index (χ0n) is 17.4. The zero-order valence-corrected chi connectivity index (χ0v) is 17.4. The summed E-state index contributed by atoms with van der Waals surface area (Å²) < 4.78 is 5.40. The number of rotatable bonds is 9. The van der Waals surface area contributed by atoms with Crippen LogP contribution in [0.25, 0.3) is 0 Å². The number of carbonyl (C=O) groups excluding carboxylic acids is 2. The molecule has 0 bridgehead atoms. The maximum atomic E-state index is 12.9. The van der Waals surface area contributed by atoms with Gasteiger partial charge in [-0.1, -0.05) is 30.3 Å². The number of aromatic nitrogens is 2. The molecule has 1 aromatic heterocycles. The molecule has 2 N–H and O–H groups in total. The lowest BCUT2D eigenvalue weighted by Crippen LogP contribution is -3.14. The maximum absolute atomic E-state index is 12.9. The van der Waals surface area contributed by atoms with Crippen LogP contribution >= 0.6 is 0 Å². The highest BCUT2D eigenvalue weighted by Crippen LogP contribution is 2.11. The van der Waals surface area contributed by atoms with Crippen LogP contribution in [-0.4, -0.2) is 72.6 Å². The van der Waals surface area contributed by atoms with Crippen molar-refractivity contribution in [2.24, 2.45) is 0 Å². The first-order chi connectivity index (χ1) is 14.6. The van der Waals surface area contributed by atoms with Crippen molar-refractivity contribution in [1.82, 2.24) is 20.2 Å². The third-order valence-corrected chi connectivity index (χ3v) is 5.29. The molecule has 3 rings (SSSR count). The van der Waals surface area contributed by atoms with E-state index >= 15 is 0 Å². The molecule has 30 heavy (non-hydrogen) atoms. The number of amides is 2. The average Bonchev–Trinajstić information content (AvgIpc) is 2.80. The van der Waals surface area contributed by atoms with Gasteiger partial charge >= 0.3 is 0 Å². The number of nitrogens with one attached hydrogen (secondary N) is 2. The molecule has 0 aliphatic carbocycles. The molecule has 0 saturated carbocycles. The number of carbonyl (C=O) groups is 2. The van der Waals surface area contributed by atoms with Gasteiger partial charge in [-0.2, -0.15) is 0 Å². The summed E-state index contributed by atoms with van der Waals surface area (Å²) in [7, 11) is 0. The summed E-state index contributed by atoms with van der Waals surface area (Å²) in [6.07, 6.45) is 4.75. The Kier molecular flexibility index (Phi) is 8.29. The van der Waals surface area contributed by atoms with Gasteiger partial charge in [0.25, 0.3) is 5.91 Å². The van der Waals surface area contributed by atoms with Gasteiger partial charge in [0.15, 0.2) is 0 Å². The van der Waals surface area contributed by atoms with Crippen LogP contribution in [0.2, 0.25) is 0 Å². The zero-order chi connectivity index (χ0) is 21.2. The Morgan fingerprint density at radius 3 is 2.63 bits per heavy atom. The molecule has 160 valence electrons. The molecule has 2 aromatic rings. The first-order valence-corrected chi connectivity index (χ1v) is 10.4. The highest BCUT2D eigenvalue weighted by atomic mass is 16.5. The van der Waals surface area contributed by atoms with Gasteiger partial charge in [0.05, 0.1) is 38.5 Å². The van der Waals surface area contributed by atoms with Crippen molar-refractivity contribution in [3.05, 3.63) is 60.2 Å². The van der Waals surface area contributed by atoms with Crippen molar-refractivity contribution in [2.45, 2.75) is 19.4 Å². The van der Waals surface area contributed by atoms with Gasteiger partial charge in [-0.05, 0) is 12.5 Å². The first-order valence-electron chi connectivity index (χ1n) is 10.4. The Bertz CT molecular complexity index is 797. The van der Waals surface area contributed by atoms with Crippen LogP contribution in [-0.2, 0) is 9.53 Å². The summed E-state index contributed by atoms with van der Waals surface area (Å²) in [5.41, 5.74) is 1.35. The van der Waals surface area contributed by atoms with E-state index in [1.54, 1.807) is 4.90 Å². The molecule has 0 radical (unpaired) electrons. The fraction of sp³-hybridized carbons (Fsp3) is 0.455. The molecule has 1 atom stereocenters. The standard InChI is InChI=1S/C22H29N5O3/c1-18(19-5-3-2-4-6-19)25-21(28)7-10-27(12-11-26-13-15-30-16-14-26)22(29)20-17-23-8-9-24-20/h2-6,8-9,17-18H,7,10-16H2,1H3,(H,25,28)/p+1/t18-/m1/s1. The van der Waals surface area contributed by atoms with Gasteiger partial charge in [0, 0.05) is 25.4 Å². The van der Waals surface area contributed by atoms with Crippen molar-refractivity contribution < 1.29 is 19.2 Å². The number of nitrogens with zero attached hydrogens (tertiary/aromatic N) is 3. The summed E-state index contributed by atoms with van der Waals surface area (Å²) in [5.74, 6) is -0.276. The van der Waals surface area contributed by atoms with Crippen LogP contribution in [0.4, 0.5) is 0 Å². The van der Waals surface area contributed by atoms with E-state index in [4.69, 9.17) is 4.74 Å². The van der Waals surface area contributed by atoms with Crippen molar-refractivity contribution in [2.75, 3.05) is 45.9 Å². The van der Waals surface area contributed by atoms with E-state index in [9.17, 15) is 9.59 Å². The fourth-order valence-corrected chi connectivity index (χ4v) is 3.46. The lowest BCUT2D eigenvalue weighted by Gasteiger charge is -2.28. The third kappa shape index (κ3) is 6.60. The van der Waals surface area contributed by atoms with Crippen molar-refractivity contribution >= 4 is 11.8 Å². The highest BCUT2D eigenvalue weighted by Gasteiger charge is 2.22. The fourth-order valence-electron chi connectivity index (χ4n) is 3.46. The molecule has 1 fully saturated rings. The average molecular weight is 413 g/mol. The van der Waals surface area contributed by atoms with Crippen molar-refractivity contribution in [3.63, 3.8) is 0 Å². The predicted octanol–water partition coefficient (Wildman–Crippen LogP) is 0.101. The minimum atomic E-state index is -0.195. The van der Waals surface area contributed by atoms with E-state index in [2.05, 4.69) is 15.3 Å². The molecule has 1 aliphatic rings. The van der Waals surface area contributed by atoms with Gasteiger partial charge in [-0.25, -0.2) is 4.98 Å². The Morgan fingerprint density at radius 2 is 1.93 bits per heavy atom. The number of benzene rings is 1. The quantitative estimate of drug-likeness (QED) is 0.610. The molecule has 1 saturated heterocycles. The van der Waals surface area contributed by atoms with Gasteiger partial charge in [0.1, 0.15) is 18.8 Å². The van der Waals surface area contributed by atoms with Crippen LogP contribution in [0, 0.1) is 0 Å². The summed E-state index contributed by atoms with van der Waals surface area (Å²) in [6, 6.07) is 9.74. The second-order valence-corrected chi connectivity index (χ2v) is 7.45. The van der Waals surface area contributed by atoms with Crippen molar-refractivity contribution in [3.8, 4) is 0 Å². The maximum Gasteiger partial charge on any atom is 0.274 e. The van der Waals surface area contributed by atoms with Gasteiger partial charge in [-0.3, -0.25) is 14.6 Å². The number of hydrogen-bond donors (Lipinski definition) is 2.